The lowest BCUT2D eigenvalue weighted by molar-refractivity contribution is -0.218. The Hall–Kier alpha value is -2.29. The van der Waals surface area contributed by atoms with Crippen LogP contribution >= 0.6 is 11.3 Å². The van der Waals surface area contributed by atoms with Crippen LogP contribution in [0.1, 0.15) is 24.3 Å². The Labute approximate surface area is 173 Å². The summed E-state index contributed by atoms with van der Waals surface area (Å²) in [6.07, 6.45) is 3.04. The van der Waals surface area contributed by atoms with Crippen LogP contribution in [-0.4, -0.2) is 59.2 Å². The molecular weight excluding hydrogens is 390 g/mol. The Morgan fingerprint density at radius 2 is 2.14 bits per heavy atom. The molecule has 1 amide bonds. The number of thiazole rings is 1. The van der Waals surface area contributed by atoms with Crippen LogP contribution in [0.3, 0.4) is 0 Å². The molecule has 1 atom stereocenters. The summed E-state index contributed by atoms with van der Waals surface area (Å²) >= 11 is 1.71. The van der Waals surface area contributed by atoms with E-state index in [1.807, 2.05) is 18.2 Å². The van der Waals surface area contributed by atoms with Crippen LogP contribution in [0, 0.1) is 5.92 Å². The van der Waals surface area contributed by atoms with Crippen LogP contribution in [0.25, 0.3) is 10.2 Å². The van der Waals surface area contributed by atoms with Gasteiger partial charge in [0.15, 0.2) is 0 Å². The number of piperidine rings is 1. The molecule has 2 aliphatic rings. The van der Waals surface area contributed by atoms with E-state index in [-0.39, 0.29) is 24.9 Å². The maximum absolute atomic E-state index is 12.6. The lowest BCUT2D eigenvalue weighted by Gasteiger charge is -2.45. The third kappa shape index (κ3) is 3.68. The lowest BCUT2D eigenvalue weighted by atomic mass is 9.77. The number of nitrogens with zero attached hydrogens (tertiary/aromatic N) is 3. The van der Waals surface area contributed by atoms with E-state index in [2.05, 4.69) is 17.5 Å². The first-order chi connectivity index (χ1) is 14.1. The summed E-state index contributed by atoms with van der Waals surface area (Å²) in [7, 11) is 1.37. The molecule has 0 saturated carbocycles. The summed E-state index contributed by atoms with van der Waals surface area (Å²) in [4.78, 5) is 37.8. The van der Waals surface area contributed by atoms with E-state index >= 15 is 0 Å². The molecular formula is C21H25N3O4S. The number of carbonyl (C=O) groups is 2. The highest BCUT2D eigenvalue weighted by Gasteiger charge is 2.58. The predicted molar refractivity (Wildman–Crippen MR) is 110 cm³/mol. The van der Waals surface area contributed by atoms with Gasteiger partial charge in [-0.2, -0.15) is 0 Å². The Balaban J connectivity index is 1.49. The molecule has 0 unspecified atom stereocenters. The maximum Gasteiger partial charge on any atom is 0.311 e. The first-order valence-corrected chi connectivity index (χ1v) is 10.6. The van der Waals surface area contributed by atoms with Crippen molar-refractivity contribution in [2.75, 3.05) is 26.8 Å². The molecule has 0 aliphatic carbocycles. The Kier molecular flexibility index (Phi) is 5.67. The number of esters is 1. The number of hydrogen-bond donors (Lipinski definition) is 0. The number of ether oxygens (including phenoxy) is 1. The van der Waals surface area contributed by atoms with Crippen molar-refractivity contribution in [3.05, 3.63) is 41.9 Å². The number of para-hydroxylation sites is 1. The fourth-order valence-electron chi connectivity index (χ4n) is 4.44. The number of methoxy groups -OCH3 is 1. The molecule has 8 heteroatoms. The van der Waals surface area contributed by atoms with E-state index < -0.39 is 11.5 Å². The van der Waals surface area contributed by atoms with Crippen LogP contribution in [-0.2, 0) is 25.7 Å². The van der Waals surface area contributed by atoms with Crippen molar-refractivity contribution in [3.8, 4) is 0 Å². The Morgan fingerprint density at radius 1 is 1.38 bits per heavy atom. The zero-order valence-corrected chi connectivity index (χ0v) is 17.3. The highest BCUT2D eigenvalue weighted by atomic mass is 32.1. The van der Waals surface area contributed by atoms with Crippen LogP contribution in [0.15, 0.2) is 36.9 Å². The Morgan fingerprint density at radius 3 is 2.83 bits per heavy atom. The number of likely N-dealkylation sites (tertiary alicyclic amines) is 1. The molecule has 1 aromatic heterocycles. The second-order valence-electron chi connectivity index (χ2n) is 7.51. The largest absolute Gasteiger partial charge is 0.469 e. The van der Waals surface area contributed by atoms with Crippen molar-refractivity contribution in [1.29, 1.82) is 0 Å². The smallest absolute Gasteiger partial charge is 0.311 e. The number of hydroxylamine groups is 2. The van der Waals surface area contributed by atoms with Gasteiger partial charge in [0.25, 0.3) is 0 Å². The normalized spacial score (nSPS) is 21.8. The van der Waals surface area contributed by atoms with Gasteiger partial charge in [-0.1, -0.05) is 18.2 Å². The molecule has 2 saturated heterocycles. The number of carbonyl (C=O) groups excluding carboxylic acids is 2. The Bertz CT molecular complexity index is 887. The average Bonchev–Trinajstić information content (AvgIpc) is 3.26. The summed E-state index contributed by atoms with van der Waals surface area (Å²) < 4.78 is 6.19. The van der Waals surface area contributed by atoms with Crippen LogP contribution in [0.4, 0.5) is 0 Å². The molecule has 154 valence electrons. The van der Waals surface area contributed by atoms with Crippen molar-refractivity contribution < 1.29 is 19.2 Å². The van der Waals surface area contributed by atoms with Gasteiger partial charge in [0.2, 0.25) is 5.91 Å². The van der Waals surface area contributed by atoms with Crippen LogP contribution in [0.5, 0.6) is 0 Å². The first-order valence-electron chi connectivity index (χ1n) is 9.79. The van der Waals surface area contributed by atoms with Gasteiger partial charge in [-0.25, -0.2) is 10.0 Å². The van der Waals surface area contributed by atoms with Gasteiger partial charge in [0.05, 0.1) is 41.9 Å². The zero-order valence-electron chi connectivity index (χ0n) is 16.5. The molecule has 2 fully saturated rings. The van der Waals surface area contributed by atoms with Gasteiger partial charge in [0.1, 0.15) is 5.01 Å². The number of hydrogen-bond acceptors (Lipinski definition) is 7. The van der Waals surface area contributed by atoms with Crippen molar-refractivity contribution in [2.24, 2.45) is 5.92 Å². The fraction of sp³-hybridized carbons (Fsp3) is 0.476. The summed E-state index contributed by atoms with van der Waals surface area (Å²) in [6.45, 7) is 6.16. The highest BCUT2D eigenvalue weighted by molar-refractivity contribution is 7.18. The van der Waals surface area contributed by atoms with E-state index in [1.165, 1.54) is 16.9 Å². The molecule has 2 aromatic rings. The van der Waals surface area contributed by atoms with E-state index in [1.54, 1.807) is 17.4 Å². The van der Waals surface area contributed by atoms with E-state index in [0.717, 1.165) is 30.2 Å². The van der Waals surface area contributed by atoms with Gasteiger partial charge in [-0.15, -0.1) is 17.9 Å². The number of amides is 1. The SMILES string of the molecule is C=CCON1C(=O)C[C@@H](C(=O)OC)C12CCN(Cc1nc3ccccc3s1)CC2. The van der Waals surface area contributed by atoms with Gasteiger partial charge in [0, 0.05) is 19.5 Å². The van der Waals surface area contributed by atoms with E-state index in [4.69, 9.17) is 14.6 Å². The van der Waals surface area contributed by atoms with E-state index in [9.17, 15) is 9.59 Å². The first kappa shape index (κ1) is 20.0. The van der Waals surface area contributed by atoms with Gasteiger partial charge in [-0.05, 0) is 25.0 Å². The van der Waals surface area contributed by atoms with Crippen molar-refractivity contribution in [1.82, 2.24) is 14.9 Å². The van der Waals surface area contributed by atoms with Gasteiger partial charge >= 0.3 is 5.97 Å². The number of benzene rings is 1. The molecule has 0 radical (unpaired) electrons. The lowest BCUT2D eigenvalue weighted by Crippen LogP contribution is -2.57. The topological polar surface area (TPSA) is 72.0 Å². The number of rotatable bonds is 6. The van der Waals surface area contributed by atoms with Crippen molar-refractivity contribution in [3.63, 3.8) is 0 Å². The third-order valence-electron chi connectivity index (χ3n) is 5.88. The molecule has 0 N–H and O–H groups in total. The molecule has 7 nitrogen and oxygen atoms in total. The van der Waals surface area contributed by atoms with Gasteiger partial charge in [-0.3, -0.25) is 19.3 Å². The standard InChI is InChI=1S/C21H25N3O4S/c1-3-12-28-24-19(25)13-15(20(26)27-2)21(24)8-10-23(11-9-21)14-18-22-16-6-4-5-7-17(16)29-18/h3-7,15H,1,8-14H2,2H3/t15-/m0/s1. The maximum atomic E-state index is 12.6. The monoisotopic (exact) mass is 415 g/mol. The number of aromatic nitrogens is 1. The second kappa shape index (κ2) is 8.22. The fourth-order valence-corrected chi connectivity index (χ4v) is 5.45. The summed E-state index contributed by atoms with van der Waals surface area (Å²) in [5, 5.41) is 2.51. The minimum atomic E-state index is -0.655. The number of fused-ring (bicyclic) bond motifs is 1. The molecule has 29 heavy (non-hydrogen) atoms. The molecule has 2 aliphatic heterocycles. The highest BCUT2D eigenvalue weighted by Crippen LogP contribution is 2.44. The average molecular weight is 416 g/mol. The van der Waals surface area contributed by atoms with Gasteiger partial charge < -0.3 is 4.74 Å². The molecule has 0 bridgehead atoms. The molecule has 1 aromatic carbocycles. The van der Waals surface area contributed by atoms with Crippen LogP contribution < -0.4 is 0 Å². The van der Waals surface area contributed by atoms with Crippen LogP contribution in [0.2, 0.25) is 0 Å². The quantitative estimate of drug-likeness (QED) is 0.534. The molecule has 4 rings (SSSR count). The molecule has 1 spiro atoms. The summed E-state index contributed by atoms with van der Waals surface area (Å²) in [5.41, 5.74) is 0.370. The predicted octanol–water partition coefficient (Wildman–Crippen LogP) is 2.77. The van der Waals surface area contributed by atoms with E-state index in [0.29, 0.717) is 12.8 Å². The van der Waals surface area contributed by atoms with Crippen molar-refractivity contribution in [2.45, 2.75) is 31.3 Å². The minimum absolute atomic E-state index is 0.127. The summed E-state index contributed by atoms with van der Waals surface area (Å²) in [6, 6.07) is 8.14. The third-order valence-corrected chi connectivity index (χ3v) is 6.91. The van der Waals surface area contributed by atoms with Crippen molar-refractivity contribution >= 4 is 33.4 Å². The zero-order chi connectivity index (χ0) is 20.4. The molecule has 3 heterocycles. The minimum Gasteiger partial charge on any atom is -0.469 e. The summed E-state index contributed by atoms with van der Waals surface area (Å²) in [5.74, 6) is -1.01. The second-order valence-corrected chi connectivity index (χ2v) is 8.62.